The molecule has 8 nitrogen and oxygen atoms in total. The van der Waals surface area contributed by atoms with Crippen LogP contribution in [0.15, 0.2) is 34.7 Å². The Bertz CT molecular complexity index is 1020. The van der Waals surface area contributed by atoms with Crippen LogP contribution in [0.5, 0.6) is 17.2 Å². The minimum atomic E-state index is -0.529. The molecule has 0 spiro atoms. The topological polar surface area (TPSA) is 91.7 Å². The van der Waals surface area contributed by atoms with Crippen LogP contribution in [0.1, 0.15) is 23.5 Å². The Hall–Kier alpha value is -2.94. The number of thioether (sulfide) groups is 1. The summed E-state index contributed by atoms with van der Waals surface area (Å²) >= 11 is 1.37. The zero-order chi connectivity index (χ0) is 21.1. The van der Waals surface area contributed by atoms with E-state index in [2.05, 4.69) is 16.9 Å². The van der Waals surface area contributed by atoms with E-state index in [0.717, 1.165) is 0 Å². The molecule has 0 saturated heterocycles. The number of hydrogen-bond acceptors (Lipinski definition) is 7. The lowest BCUT2D eigenvalue weighted by molar-refractivity contribution is -0.116. The summed E-state index contributed by atoms with van der Waals surface area (Å²) in [5.41, 5.74) is 0.693. The number of nitrogens with zero attached hydrogens (tertiary/aromatic N) is 2. The first kappa shape index (κ1) is 20.8. The molecular formula is C20H23N3O5S. The Labute approximate surface area is 172 Å². The highest BCUT2D eigenvalue weighted by molar-refractivity contribution is 7.99. The molecule has 0 fully saturated rings. The molecule has 1 aliphatic rings. The van der Waals surface area contributed by atoms with Crippen LogP contribution in [-0.4, -0.2) is 42.5 Å². The van der Waals surface area contributed by atoms with Crippen LogP contribution in [0, 0.1) is 0 Å². The zero-order valence-corrected chi connectivity index (χ0v) is 17.6. The lowest BCUT2D eigenvalue weighted by Gasteiger charge is -2.28. The SMILES string of the molecule is C=CCSc1nc(=O)c2c(n1C)NC(=O)CC2c1cc(OC)c(OC)cc1OC. The van der Waals surface area contributed by atoms with Crippen molar-refractivity contribution in [3.05, 3.63) is 46.3 Å². The van der Waals surface area contributed by atoms with E-state index in [4.69, 9.17) is 14.2 Å². The third kappa shape index (κ3) is 3.82. The number of ether oxygens (including phenoxy) is 3. The standard InChI is InChI=1S/C20H23N3O5S/c1-6-7-29-20-22-19(25)17-12(9-16(24)21-18(17)23(20)2)11-8-14(27-4)15(28-5)10-13(11)26-3/h6,8,10,12H,1,7,9H2,2-5H3,(H,21,24). The van der Waals surface area contributed by atoms with Crippen molar-refractivity contribution in [2.75, 3.05) is 32.4 Å². The number of carbonyl (C=O) groups excluding carboxylic acids is 1. The Morgan fingerprint density at radius 2 is 1.86 bits per heavy atom. The lowest BCUT2D eigenvalue weighted by atomic mass is 9.86. The Balaban J connectivity index is 2.22. The lowest BCUT2D eigenvalue weighted by Crippen LogP contribution is -2.33. The summed E-state index contributed by atoms with van der Waals surface area (Å²) in [4.78, 5) is 29.7. The normalized spacial score (nSPS) is 15.3. The highest BCUT2D eigenvalue weighted by Gasteiger charge is 2.34. The number of benzene rings is 1. The molecule has 1 amide bonds. The third-order valence-electron chi connectivity index (χ3n) is 4.74. The van der Waals surface area contributed by atoms with Gasteiger partial charge in [-0.1, -0.05) is 17.8 Å². The molecule has 0 radical (unpaired) electrons. The van der Waals surface area contributed by atoms with E-state index in [1.165, 1.54) is 33.1 Å². The van der Waals surface area contributed by atoms with Crippen molar-refractivity contribution in [3.8, 4) is 17.2 Å². The average molecular weight is 417 g/mol. The molecule has 0 bridgehead atoms. The van der Waals surface area contributed by atoms with E-state index in [1.807, 2.05) is 0 Å². The van der Waals surface area contributed by atoms with Gasteiger partial charge in [0.05, 0.1) is 26.9 Å². The summed E-state index contributed by atoms with van der Waals surface area (Å²) in [6, 6.07) is 3.43. The molecular weight excluding hydrogens is 394 g/mol. The summed E-state index contributed by atoms with van der Waals surface area (Å²) in [6.45, 7) is 3.69. The Morgan fingerprint density at radius 1 is 1.21 bits per heavy atom. The first-order valence-corrected chi connectivity index (χ1v) is 9.88. The summed E-state index contributed by atoms with van der Waals surface area (Å²) in [6.07, 6.45) is 1.82. The smallest absolute Gasteiger partial charge is 0.279 e. The molecule has 1 N–H and O–H groups in total. The van der Waals surface area contributed by atoms with Gasteiger partial charge in [0.25, 0.3) is 5.56 Å². The Morgan fingerprint density at radius 3 is 2.48 bits per heavy atom. The van der Waals surface area contributed by atoms with Crippen LogP contribution in [-0.2, 0) is 11.8 Å². The van der Waals surface area contributed by atoms with Crippen molar-refractivity contribution in [2.24, 2.45) is 7.05 Å². The first-order valence-electron chi connectivity index (χ1n) is 8.89. The Kier molecular flexibility index (Phi) is 6.17. The predicted octanol–water partition coefficient (Wildman–Crippen LogP) is 2.56. The van der Waals surface area contributed by atoms with Crippen LogP contribution in [0.4, 0.5) is 5.82 Å². The predicted molar refractivity (Wildman–Crippen MR) is 112 cm³/mol. The molecule has 1 aromatic heterocycles. The number of anilines is 1. The number of hydrogen-bond donors (Lipinski definition) is 1. The van der Waals surface area contributed by atoms with Crippen molar-refractivity contribution in [1.29, 1.82) is 0 Å². The molecule has 154 valence electrons. The molecule has 1 aliphatic heterocycles. The molecule has 9 heteroatoms. The fourth-order valence-corrected chi connectivity index (χ4v) is 4.09. The van der Waals surface area contributed by atoms with Gasteiger partial charge in [-0.2, -0.15) is 4.98 Å². The molecule has 3 rings (SSSR count). The van der Waals surface area contributed by atoms with Gasteiger partial charge in [-0.15, -0.1) is 6.58 Å². The maximum absolute atomic E-state index is 13.0. The van der Waals surface area contributed by atoms with E-state index < -0.39 is 5.92 Å². The highest BCUT2D eigenvalue weighted by Crippen LogP contribution is 2.44. The van der Waals surface area contributed by atoms with Gasteiger partial charge in [0.2, 0.25) is 5.91 Å². The van der Waals surface area contributed by atoms with Gasteiger partial charge in [-0.25, -0.2) is 0 Å². The number of rotatable bonds is 7. The van der Waals surface area contributed by atoms with Gasteiger partial charge in [0.15, 0.2) is 16.7 Å². The van der Waals surface area contributed by atoms with Gasteiger partial charge in [0.1, 0.15) is 11.6 Å². The van der Waals surface area contributed by atoms with E-state index in [9.17, 15) is 9.59 Å². The second-order valence-electron chi connectivity index (χ2n) is 6.37. The van der Waals surface area contributed by atoms with Crippen LogP contribution in [0.3, 0.4) is 0 Å². The number of methoxy groups -OCH3 is 3. The van der Waals surface area contributed by atoms with E-state index in [1.54, 1.807) is 29.8 Å². The minimum Gasteiger partial charge on any atom is -0.496 e. The van der Waals surface area contributed by atoms with Crippen molar-refractivity contribution < 1.29 is 19.0 Å². The molecule has 1 unspecified atom stereocenters. The number of fused-ring (bicyclic) bond motifs is 1. The van der Waals surface area contributed by atoms with Crippen molar-refractivity contribution in [2.45, 2.75) is 17.5 Å². The number of amides is 1. The van der Waals surface area contributed by atoms with Crippen LogP contribution in [0.25, 0.3) is 0 Å². The minimum absolute atomic E-state index is 0.0922. The molecule has 1 aromatic carbocycles. The molecule has 2 heterocycles. The monoisotopic (exact) mass is 417 g/mol. The number of aromatic nitrogens is 2. The summed E-state index contributed by atoms with van der Waals surface area (Å²) in [5.74, 6) is 1.79. The second kappa shape index (κ2) is 8.60. The van der Waals surface area contributed by atoms with Crippen molar-refractivity contribution in [3.63, 3.8) is 0 Å². The van der Waals surface area contributed by atoms with Gasteiger partial charge >= 0.3 is 0 Å². The first-order chi connectivity index (χ1) is 13.9. The maximum atomic E-state index is 13.0. The van der Waals surface area contributed by atoms with Gasteiger partial charge < -0.3 is 24.1 Å². The largest absolute Gasteiger partial charge is 0.496 e. The molecule has 0 aliphatic carbocycles. The van der Waals surface area contributed by atoms with Crippen LogP contribution >= 0.6 is 11.8 Å². The maximum Gasteiger partial charge on any atom is 0.279 e. The van der Waals surface area contributed by atoms with Crippen molar-refractivity contribution >= 4 is 23.5 Å². The number of nitrogens with one attached hydrogen (secondary N) is 1. The van der Waals surface area contributed by atoms with E-state index >= 15 is 0 Å². The van der Waals surface area contributed by atoms with Crippen LogP contribution < -0.4 is 25.1 Å². The zero-order valence-electron chi connectivity index (χ0n) is 16.8. The van der Waals surface area contributed by atoms with E-state index in [-0.39, 0.29) is 17.9 Å². The summed E-state index contributed by atoms with van der Waals surface area (Å²) in [5, 5.41) is 3.33. The van der Waals surface area contributed by atoms with Gasteiger partial charge in [0, 0.05) is 36.8 Å². The van der Waals surface area contributed by atoms with Crippen molar-refractivity contribution in [1.82, 2.24) is 9.55 Å². The summed E-state index contributed by atoms with van der Waals surface area (Å²) in [7, 11) is 6.35. The summed E-state index contributed by atoms with van der Waals surface area (Å²) < 4.78 is 18.0. The average Bonchev–Trinajstić information content (AvgIpc) is 2.73. The fraction of sp³-hybridized carbons (Fsp3) is 0.350. The quantitative estimate of drug-likeness (QED) is 0.420. The van der Waals surface area contributed by atoms with Gasteiger partial charge in [-0.05, 0) is 6.07 Å². The van der Waals surface area contributed by atoms with Crippen LogP contribution in [0.2, 0.25) is 0 Å². The molecule has 29 heavy (non-hydrogen) atoms. The molecule has 1 atom stereocenters. The van der Waals surface area contributed by atoms with E-state index in [0.29, 0.717) is 45.1 Å². The second-order valence-corrected chi connectivity index (χ2v) is 7.36. The third-order valence-corrected chi connectivity index (χ3v) is 5.77. The number of carbonyl (C=O) groups is 1. The van der Waals surface area contributed by atoms with Gasteiger partial charge in [-0.3, -0.25) is 9.59 Å². The molecule has 0 saturated carbocycles. The molecule has 2 aromatic rings. The fourth-order valence-electron chi connectivity index (χ4n) is 3.39. The highest BCUT2D eigenvalue weighted by atomic mass is 32.2.